The number of aliphatic carboxylic acids is 1. The summed E-state index contributed by atoms with van der Waals surface area (Å²) in [5.41, 5.74) is 0.448. The number of aromatic hydroxyl groups is 1. The maximum Gasteiger partial charge on any atom is 0.322 e. The molecule has 0 heterocycles. The van der Waals surface area contributed by atoms with Gasteiger partial charge in [0.25, 0.3) is 0 Å². The first kappa shape index (κ1) is 16.6. The lowest BCUT2D eigenvalue weighted by Crippen LogP contribution is -2.27. The van der Waals surface area contributed by atoms with E-state index < -0.39 is 18.4 Å². The lowest BCUT2D eigenvalue weighted by Gasteiger charge is -2.07. The predicted octanol–water partition coefficient (Wildman–Crippen LogP) is 1.79. The minimum atomic E-state index is -1.12. The molecule has 6 nitrogen and oxygen atoms in total. The normalized spacial score (nSPS) is 10.5. The van der Waals surface area contributed by atoms with Crippen molar-refractivity contribution in [1.29, 1.82) is 0 Å². The Balaban J connectivity index is 2.59. The molecule has 21 heavy (non-hydrogen) atoms. The van der Waals surface area contributed by atoms with Crippen LogP contribution in [0.4, 0.5) is 0 Å². The van der Waals surface area contributed by atoms with Crippen molar-refractivity contribution in [3.8, 4) is 11.5 Å². The van der Waals surface area contributed by atoms with Crippen LogP contribution in [-0.4, -0.2) is 35.2 Å². The van der Waals surface area contributed by atoms with Crippen LogP contribution in [0, 0.1) is 0 Å². The third-order valence-corrected chi connectivity index (χ3v) is 2.60. The van der Waals surface area contributed by atoms with E-state index in [0.29, 0.717) is 17.9 Å². The van der Waals surface area contributed by atoms with Crippen LogP contribution in [0.1, 0.15) is 25.3 Å². The summed E-state index contributed by atoms with van der Waals surface area (Å²) in [5, 5.41) is 20.4. The first-order valence-electron chi connectivity index (χ1n) is 6.66. The minimum Gasteiger partial charge on any atom is -0.507 e. The molecule has 1 rings (SSSR count). The van der Waals surface area contributed by atoms with E-state index in [1.807, 2.05) is 0 Å². The number of rotatable bonds is 8. The van der Waals surface area contributed by atoms with Gasteiger partial charge < -0.3 is 20.3 Å². The van der Waals surface area contributed by atoms with Gasteiger partial charge in [0, 0.05) is 17.7 Å². The highest BCUT2D eigenvalue weighted by Gasteiger charge is 2.03. The SMILES string of the molecule is CCCCOc1ccc(/C=C/C(=O)NCC(=O)O)c(O)c1. The highest BCUT2D eigenvalue weighted by Crippen LogP contribution is 2.24. The maximum absolute atomic E-state index is 11.3. The molecule has 114 valence electrons. The standard InChI is InChI=1S/C15H19NO5/c1-2-3-8-21-12-6-4-11(13(17)9-12)5-7-14(18)16-10-15(19)20/h4-7,9,17H,2-3,8,10H2,1H3,(H,16,18)(H,19,20)/b7-5+. The number of hydrogen-bond donors (Lipinski definition) is 3. The molecule has 0 unspecified atom stereocenters. The van der Waals surface area contributed by atoms with Crippen molar-refractivity contribution >= 4 is 18.0 Å². The first-order chi connectivity index (χ1) is 10.0. The Morgan fingerprint density at radius 2 is 2.14 bits per heavy atom. The number of nitrogens with one attached hydrogen (secondary N) is 1. The first-order valence-corrected chi connectivity index (χ1v) is 6.66. The van der Waals surface area contributed by atoms with E-state index in [4.69, 9.17) is 9.84 Å². The summed E-state index contributed by atoms with van der Waals surface area (Å²) in [6, 6.07) is 4.80. The van der Waals surface area contributed by atoms with Crippen molar-refractivity contribution in [2.24, 2.45) is 0 Å². The molecule has 6 heteroatoms. The van der Waals surface area contributed by atoms with Crippen LogP contribution >= 0.6 is 0 Å². The quantitative estimate of drug-likeness (QED) is 0.501. The van der Waals surface area contributed by atoms with Crippen molar-refractivity contribution in [3.05, 3.63) is 29.8 Å². The Bertz CT molecular complexity index is 525. The van der Waals surface area contributed by atoms with E-state index in [1.54, 1.807) is 12.1 Å². The van der Waals surface area contributed by atoms with Crippen molar-refractivity contribution in [2.45, 2.75) is 19.8 Å². The van der Waals surface area contributed by atoms with Crippen LogP contribution in [0.2, 0.25) is 0 Å². The van der Waals surface area contributed by atoms with Gasteiger partial charge in [0.05, 0.1) is 6.61 Å². The number of unbranched alkanes of at least 4 members (excludes halogenated alkanes) is 1. The van der Waals surface area contributed by atoms with Crippen LogP contribution in [0.15, 0.2) is 24.3 Å². The minimum absolute atomic E-state index is 0.00807. The van der Waals surface area contributed by atoms with Gasteiger partial charge in [-0.15, -0.1) is 0 Å². The highest BCUT2D eigenvalue weighted by atomic mass is 16.5. The zero-order valence-electron chi connectivity index (χ0n) is 11.8. The van der Waals surface area contributed by atoms with E-state index in [0.717, 1.165) is 18.9 Å². The Labute approximate surface area is 123 Å². The monoisotopic (exact) mass is 293 g/mol. The molecule has 3 N–H and O–H groups in total. The molecule has 0 aromatic heterocycles. The van der Waals surface area contributed by atoms with Gasteiger partial charge in [-0.3, -0.25) is 9.59 Å². The van der Waals surface area contributed by atoms with Gasteiger partial charge >= 0.3 is 5.97 Å². The summed E-state index contributed by atoms with van der Waals surface area (Å²) < 4.78 is 5.44. The zero-order valence-corrected chi connectivity index (χ0v) is 11.8. The van der Waals surface area contributed by atoms with Crippen molar-refractivity contribution < 1.29 is 24.5 Å². The maximum atomic E-state index is 11.3. The summed E-state index contributed by atoms with van der Waals surface area (Å²) in [7, 11) is 0. The van der Waals surface area contributed by atoms with Gasteiger partial charge in [-0.1, -0.05) is 13.3 Å². The van der Waals surface area contributed by atoms with E-state index in [9.17, 15) is 14.7 Å². The summed E-state index contributed by atoms with van der Waals surface area (Å²) >= 11 is 0. The van der Waals surface area contributed by atoms with Gasteiger partial charge in [-0.05, 0) is 24.6 Å². The molecule has 0 fully saturated rings. The van der Waals surface area contributed by atoms with E-state index in [1.165, 1.54) is 12.1 Å². The van der Waals surface area contributed by atoms with Crippen LogP contribution in [0.25, 0.3) is 6.08 Å². The van der Waals surface area contributed by atoms with Crippen LogP contribution < -0.4 is 10.1 Å². The average Bonchev–Trinajstić information content (AvgIpc) is 2.44. The number of carboxylic acid groups (broad SMARTS) is 1. The molecule has 0 saturated carbocycles. The Morgan fingerprint density at radius 3 is 2.76 bits per heavy atom. The number of carbonyl (C=O) groups is 2. The van der Waals surface area contributed by atoms with E-state index >= 15 is 0 Å². The second kappa shape index (κ2) is 8.63. The molecule has 1 aromatic carbocycles. The molecule has 0 aliphatic rings. The van der Waals surface area contributed by atoms with Crippen LogP contribution in [0.3, 0.4) is 0 Å². The fraction of sp³-hybridized carbons (Fsp3) is 0.333. The van der Waals surface area contributed by atoms with Crippen molar-refractivity contribution in [1.82, 2.24) is 5.32 Å². The van der Waals surface area contributed by atoms with E-state index in [2.05, 4.69) is 12.2 Å². The highest BCUT2D eigenvalue weighted by molar-refractivity contribution is 5.93. The number of carboxylic acids is 1. The topological polar surface area (TPSA) is 95.9 Å². The van der Waals surface area contributed by atoms with Gasteiger partial charge in [-0.25, -0.2) is 0 Å². The molecule has 0 aliphatic heterocycles. The van der Waals surface area contributed by atoms with Crippen LogP contribution in [0.5, 0.6) is 11.5 Å². The van der Waals surface area contributed by atoms with Crippen LogP contribution in [-0.2, 0) is 9.59 Å². The second-order valence-electron chi connectivity index (χ2n) is 4.37. The molecule has 1 aromatic rings. The molecule has 0 saturated heterocycles. The van der Waals surface area contributed by atoms with Crippen molar-refractivity contribution in [3.63, 3.8) is 0 Å². The van der Waals surface area contributed by atoms with Gasteiger partial charge in [0.2, 0.25) is 5.91 Å². The number of ether oxygens (including phenoxy) is 1. The van der Waals surface area contributed by atoms with Gasteiger partial charge in [-0.2, -0.15) is 0 Å². The Kier molecular flexibility index (Phi) is 6.80. The van der Waals surface area contributed by atoms with Gasteiger partial charge in [0.15, 0.2) is 0 Å². The second-order valence-corrected chi connectivity index (χ2v) is 4.37. The number of phenols is 1. The molecule has 0 atom stereocenters. The molecular weight excluding hydrogens is 274 g/mol. The molecule has 0 radical (unpaired) electrons. The Hall–Kier alpha value is -2.50. The third kappa shape index (κ3) is 6.47. The molecule has 0 aliphatic carbocycles. The smallest absolute Gasteiger partial charge is 0.322 e. The molecule has 0 bridgehead atoms. The van der Waals surface area contributed by atoms with E-state index in [-0.39, 0.29) is 5.75 Å². The summed E-state index contributed by atoms with van der Waals surface area (Å²) in [5.74, 6) is -1.10. The van der Waals surface area contributed by atoms with Gasteiger partial charge in [0.1, 0.15) is 18.0 Å². The number of hydrogen-bond acceptors (Lipinski definition) is 4. The summed E-state index contributed by atoms with van der Waals surface area (Å²) in [6.45, 7) is 2.20. The number of phenolic OH excluding ortho intramolecular Hbond substituents is 1. The summed E-state index contributed by atoms with van der Waals surface area (Å²) in [6.07, 6.45) is 4.53. The molecule has 0 spiro atoms. The summed E-state index contributed by atoms with van der Waals surface area (Å²) in [4.78, 5) is 21.6. The average molecular weight is 293 g/mol. The number of amides is 1. The number of carbonyl (C=O) groups excluding carboxylic acids is 1. The largest absolute Gasteiger partial charge is 0.507 e. The molecule has 1 amide bonds. The zero-order chi connectivity index (χ0) is 15.7. The lowest BCUT2D eigenvalue weighted by atomic mass is 10.1. The fourth-order valence-corrected chi connectivity index (χ4v) is 1.48. The lowest BCUT2D eigenvalue weighted by molar-refractivity contribution is -0.137. The molecular formula is C15H19NO5. The predicted molar refractivity (Wildman–Crippen MR) is 78.2 cm³/mol. The number of benzene rings is 1. The third-order valence-electron chi connectivity index (χ3n) is 2.60. The Morgan fingerprint density at radius 1 is 1.38 bits per heavy atom. The van der Waals surface area contributed by atoms with Crippen molar-refractivity contribution in [2.75, 3.05) is 13.2 Å². The fourth-order valence-electron chi connectivity index (χ4n) is 1.48.